The quantitative estimate of drug-likeness (QED) is 0.771. The lowest BCUT2D eigenvalue weighted by molar-refractivity contribution is -0.140. The van der Waals surface area contributed by atoms with Crippen LogP contribution in [0.1, 0.15) is 46.5 Å². The molecular weight excluding hydrogens is 226 g/mol. The highest BCUT2D eigenvalue weighted by atomic mass is 16.5. The van der Waals surface area contributed by atoms with Crippen molar-refractivity contribution in [2.24, 2.45) is 17.8 Å². The summed E-state index contributed by atoms with van der Waals surface area (Å²) in [6.45, 7) is 7.08. The molecule has 0 N–H and O–H groups in total. The first-order valence-electron chi connectivity index (χ1n) is 7.23. The first-order chi connectivity index (χ1) is 8.35. The molecule has 2 bridgehead atoms. The van der Waals surface area contributed by atoms with E-state index in [4.69, 9.17) is 4.74 Å². The van der Waals surface area contributed by atoms with Gasteiger partial charge in [0.15, 0.2) is 0 Å². The third-order valence-electron chi connectivity index (χ3n) is 4.45. The van der Waals surface area contributed by atoms with Gasteiger partial charge in [0.05, 0.1) is 5.60 Å². The molecule has 2 fully saturated rings. The van der Waals surface area contributed by atoms with Crippen LogP contribution in [-0.2, 0) is 9.53 Å². The molecule has 2 saturated carbocycles. The lowest BCUT2D eigenvalue weighted by Crippen LogP contribution is -2.37. The first kappa shape index (κ1) is 13.9. The number of nitrogens with zero attached hydrogens (tertiary/aromatic N) is 1. The second kappa shape index (κ2) is 5.20. The SMILES string of the molecule is CN(CC1CC2CCC1C2)C(=O)COC(C)(C)C. The average molecular weight is 253 g/mol. The molecule has 0 aromatic heterocycles. The maximum atomic E-state index is 12.0. The van der Waals surface area contributed by atoms with Gasteiger partial charge >= 0.3 is 0 Å². The van der Waals surface area contributed by atoms with Crippen LogP contribution in [0, 0.1) is 17.8 Å². The maximum Gasteiger partial charge on any atom is 0.248 e. The van der Waals surface area contributed by atoms with Crippen molar-refractivity contribution in [1.82, 2.24) is 4.90 Å². The van der Waals surface area contributed by atoms with Crippen LogP contribution in [-0.4, -0.2) is 36.6 Å². The van der Waals surface area contributed by atoms with Crippen molar-refractivity contribution in [2.75, 3.05) is 20.2 Å². The fourth-order valence-corrected chi connectivity index (χ4v) is 3.44. The molecule has 0 aliphatic heterocycles. The first-order valence-corrected chi connectivity index (χ1v) is 7.23. The molecule has 0 radical (unpaired) electrons. The van der Waals surface area contributed by atoms with Crippen LogP contribution in [0.3, 0.4) is 0 Å². The van der Waals surface area contributed by atoms with Crippen molar-refractivity contribution in [1.29, 1.82) is 0 Å². The molecule has 2 aliphatic rings. The minimum Gasteiger partial charge on any atom is -0.366 e. The standard InChI is InChI=1S/C15H27NO2/c1-15(2,3)18-10-14(17)16(4)9-13-8-11-5-6-12(13)7-11/h11-13H,5-10H2,1-4H3. The van der Waals surface area contributed by atoms with Gasteiger partial charge in [-0.15, -0.1) is 0 Å². The summed E-state index contributed by atoms with van der Waals surface area (Å²) in [6.07, 6.45) is 5.55. The van der Waals surface area contributed by atoms with Gasteiger partial charge in [0.25, 0.3) is 0 Å². The monoisotopic (exact) mass is 253 g/mol. The van der Waals surface area contributed by atoms with Crippen LogP contribution >= 0.6 is 0 Å². The average Bonchev–Trinajstić information content (AvgIpc) is 2.86. The summed E-state index contributed by atoms with van der Waals surface area (Å²) in [5.74, 6) is 2.70. The summed E-state index contributed by atoms with van der Waals surface area (Å²) in [5, 5.41) is 0. The third-order valence-corrected chi connectivity index (χ3v) is 4.45. The number of likely N-dealkylation sites (N-methyl/N-ethyl adjacent to an activating group) is 1. The number of carbonyl (C=O) groups is 1. The molecule has 0 spiro atoms. The van der Waals surface area contributed by atoms with Crippen molar-refractivity contribution in [3.8, 4) is 0 Å². The smallest absolute Gasteiger partial charge is 0.248 e. The van der Waals surface area contributed by atoms with Crippen molar-refractivity contribution in [3.05, 3.63) is 0 Å². The predicted octanol–water partition coefficient (Wildman–Crippen LogP) is 2.70. The molecular formula is C15H27NO2. The minimum absolute atomic E-state index is 0.118. The Morgan fingerprint density at radius 1 is 1.28 bits per heavy atom. The van der Waals surface area contributed by atoms with Crippen LogP contribution in [0.2, 0.25) is 0 Å². The highest BCUT2D eigenvalue weighted by molar-refractivity contribution is 5.77. The highest BCUT2D eigenvalue weighted by Gasteiger charge is 2.40. The van der Waals surface area contributed by atoms with E-state index in [9.17, 15) is 4.79 Å². The van der Waals surface area contributed by atoms with E-state index >= 15 is 0 Å². The van der Waals surface area contributed by atoms with E-state index in [2.05, 4.69) is 0 Å². The number of fused-ring (bicyclic) bond motifs is 2. The zero-order valence-corrected chi connectivity index (χ0v) is 12.2. The molecule has 1 amide bonds. The normalized spacial score (nSPS) is 30.8. The maximum absolute atomic E-state index is 12.0. The summed E-state index contributed by atoms with van der Waals surface area (Å²) in [7, 11) is 1.92. The number of carbonyl (C=O) groups excluding carboxylic acids is 1. The fraction of sp³-hybridized carbons (Fsp3) is 0.933. The summed E-state index contributed by atoms with van der Waals surface area (Å²) >= 11 is 0. The van der Waals surface area contributed by atoms with Crippen molar-refractivity contribution in [2.45, 2.75) is 52.1 Å². The zero-order chi connectivity index (χ0) is 13.3. The van der Waals surface area contributed by atoms with E-state index in [1.165, 1.54) is 25.7 Å². The molecule has 3 unspecified atom stereocenters. The third kappa shape index (κ3) is 3.47. The molecule has 0 saturated heterocycles. The van der Waals surface area contributed by atoms with Gasteiger partial charge in [0.1, 0.15) is 6.61 Å². The Hall–Kier alpha value is -0.570. The van der Waals surface area contributed by atoms with Gasteiger partial charge in [0.2, 0.25) is 5.91 Å². The van der Waals surface area contributed by atoms with Crippen molar-refractivity contribution < 1.29 is 9.53 Å². The van der Waals surface area contributed by atoms with E-state index in [-0.39, 0.29) is 18.1 Å². The van der Waals surface area contributed by atoms with Gasteiger partial charge in [-0.1, -0.05) is 6.42 Å². The Bertz CT molecular complexity index is 308. The molecule has 2 aliphatic carbocycles. The highest BCUT2D eigenvalue weighted by Crippen LogP contribution is 2.48. The Morgan fingerprint density at radius 2 is 2.00 bits per heavy atom. The lowest BCUT2D eigenvalue weighted by atomic mass is 9.88. The fourth-order valence-electron chi connectivity index (χ4n) is 3.44. The van der Waals surface area contributed by atoms with Gasteiger partial charge < -0.3 is 9.64 Å². The number of hydrogen-bond acceptors (Lipinski definition) is 2. The molecule has 3 atom stereocenters. The van der Waals surface area contributed by atoms with E-state index in [1.807, 2.05) is 32.7 Å². The van der Waals surface area contributed by atoms with Gasteiger partial charge in [0, 0.05) is 13.6 Å². The summed E-state index contributed by atoms with van der Waals surface area (Å²) in [5.41, 5.74) is -0.233. The Morgan fingerprint density at radius 3 is 2.50 bits per heavy atom. The Balaban J connectivity index is 1.74. The van der Waals surface area contributed by atoms with E-state index < -0.39 is 0 Å². The number of hydrogen-bond donors (Lipinski definition) is 0. The van der Waals surface area contributed by atoms with E-state index in [0.29, 0.717) is 0 Å². The molecule has 0 heterocycles. The summed E-state index contributed by atoms with van der Waals surface area (Å²) < 4.78 is 5.55. The topological polar surface area (TPSA) is 29.5 Å². The summed E-state index contributed by atoms with van der Waals surface area (Å²) in [6, 6.07) is 0. The number of ether oxygens (including phenoxy) is 1. The largest absolute Gasteiger partial charge is 0.366 e. The molecule has 0 aromatic carbocycles. The molecule has 3 heteroatoms. The van der Waals surface area contributed by atoms with Crippen LogP contribution in [0.15, 0.2) is 0 Å². The molecule has 18 heavy (non-hydrogen) atoms. The Kier molecular flexibility index (Phi) is 4.00. The van der Waals surface area contributed by atoms with E-state index in [0.717, 1.165) is 24.3 Å². The van der Waals surface area contributed by atoms with Crippen molar-refractivity contribution in [3.63, 3.8) is 0 Å². The second-order valence-corrected chi connectivity index (χ2v) is 7.11. The molecule has 2 rings (SSSR count). The van der Waals surface area contributed by atoms with Gasteiger partial charge in [-0.05, 0) is 57.8 Å². The summed E-state index contributed by atoms with van der Waals surface area (Å²) in [4.78, 5) is 13.9. The number of rotatable bonds is 4. The van der Waals surface area contributed by atoms with Crippen LogP contribution in [0.5, 0.6) is 0 Å². The molecule has 3 nitrogen and oxygen atoms in total. The van der Waals surface area contributed by atoms with Crippen LogP contribution in [0.4, 0.5) is 0 Å². The van der Waals surface area contributed by atoms with Crippen LogP contribution < -0.4 is 0 Å². The predicted molar refractivity (Wildman–Crippen MR) is 72.3 cm³/mol. The zero-order valence-electron chi connectivity index (χ0n) is 12.2. The van der Waals surface area contributed by atoms with Gasteiger partial charge in [-0.2, -0.15) is 0 Å². The van der Waals surface area contributed by atoms with E-state index in [1.54, 1.807) is 0 Å². The molecule has 104 valence electrons. The van der Waals surface area contributed by atoms with Crippen molar-refractivity contribution >= 4 is 5.91 Å². The molecule has 0 aromatic rings. The minimum atomic E-state index is -0.233. The second-order valence-electron chi connectivity index (χ2n) is 7.11. The lowest BCUT2D eigenvalue weighted by Gasteiger charge is -2.28. The van der Waals surface area contributed by atoms with Gasteiger partial charge in [-0.3, -0.25) is 4.79 Å². The van der Waals surface area contributed by atoms with Gasteiger partial charge in [-0.25, -0.2) is 0 Å². The van der Waals surface area contributed by atoms with Crippen LogP contribution in [0.25, 0.3) is 0 Å². The Labute approximate surface area is 111 Å². The number of amides is 1.